The number of carbonyl (C=O) groups is 1. The first-order chi connectivity index (χ1) is 14.8. The first-order valence-electron chi connectivity index (χ1n) is 9.89. The highest BCUT2D eigenvalue weighted by molar-refractivity contribution is 8.00. The fraction of sp³-hybridized carbons (Fsp3) is 0.273. The molecular weight excluding hydrogens is 424 g/mol. The van der Waals surface area contributed by atoms with Gasteiger partial charge in [0.15, 0.2) is 11.6 Å². The van der Waals surface area contributed by atoms with E-state index in [-0.39, 0.29) is 16.4 Å². The molecule has 31 heavy (non-hydrogen) atoms. The predicted octanol–water partition coefficient (Wildman–Crippen LogP) is 3.29. The maximum atomic E-state index is 13.5. The summed E-state index contributed by atoms with van der Waals surface area (Å²) < 4.78 is 56.2. The van der Waals surface area contributed by atoms with E-state index in [2.05, 4.69) is 4.40 Å². The van der Waals surface area contributed by atoms with Gasteiger partial charge in [0.2, 0.25) is 0 Å². The third-order valence-electron chi connectivity index (χ3n) is 5.43. The molecule has 9 heteroatoms. The van der Waals surface area contributed by atoms with Crippen LogP contribution >= 0.6 is 0 Å². The molecule has 1 saturated heterocycles. The van der Waals surface area contributed by atoms with Gasteiger partial charge in [-0.05, 0) is 37.1 Å². The van der Waals surface area contributed by atoms with Gasteiger partial charge in [-0.15, -0.1) is 4.40 Å². The van der Waals surface area contributed by atoms with E-state index in [1.165, 1.54) is 6.07 Å². The summed E-state index contributed by atoms with van der Waals surface area (Å²) in [5, 5.41) is 0. The molecule has 1 fully saturated rings. The molecule has 0 N–H and O–H groups in total. The maximum absolute atomic E-state index is 13.5. The molecule has 1 amide bonds. The number of nitrogens with zero attached hydrogens (tertiary/aromatic N) is 3. The van der Waals surface area contributed by atoms with Crippen LogP contribution in [-0.2, 0) is 10.0 Å². The van der Waals surface area contributed by atoms with Crippen molar-refractivity contribution in [3.63, 3.8) is 0 Å². The topological polar surface area (TPSA) is 70.1 Å². The summed E-state index contributed by atoms with van der Waals surface area (Å²) in [7, 11) is -3.81. The molecule has 2 aromatic carbocycles. The van der Waals surface area contributed by atoms with Gasteiger partial charge in [-0.3, -0.25) is 4.79 Å². The molecule has 2 heterocycles. The zero-order valence-electron chi connectivity index (χ0n) is 16.9. The number of hydrogen-bond donors (Lipinski definition) is 0. The number of rotatable bonds is 2. The van der Waals surface area contributed by atoms with Crippen LogP contribution in [0.1, 0.15) is 29.3 Å². The molecule has 162 valence electrons. The number of benzene rings is 2. The summed E-state index contributed by atoms with van der Waals surface area (Å²) in [6.45, 7) is 3.37. The Labute approximate surface area is 179 Å². The Kier molecular flexibility index (Phi) is 5.62. The van der Waals surface area contributed by atoms with E-state index in [1.807, 2.05) is 11.0 Å². The number of amides is 1. The number of amidine groups is 1. The lowest BCUT2D eigenvalue weighted by Gasteiger charge is -2.24. The van der Waals surface area contributed by atoms with Crippen LogP contribution in [0.2, 0.25) is 0 Å². The highest BCUT2D eigenvalue weighted by Crippen LogP contribution is 2.33. The SMILES string of the molecule is CC1=C(c2ccccc2)S(=O)(=O)N=C1N1CCCN(C(=O)c2ccc(F)c(F)c2)CC1. The largest absolute Gasteiger partial charge is 0.354 e. The zero-order valence-corrected chi connectivity index (χ0v) is 17.7. The van der Waals surface area contributed by atoms with Crippen molar-refractivity contribution < 1.29 is 22.0 Å². The summed E-state index contributed by atoms with van der Waals surface area (Å²) in [5.41, 5.74) is 1.24. The molecular formula is C22H21F2N3O3S. The van der Waals surface area contributed by atoms with Crippen LogP contribution in [0, 0.1) is 11.6 Å². The minimum absolute atomic E-state index is 0.0792. The Morgan fingerprint density at radius 3 is 2.42 bits per heavy atom. The average molecular weight is 445 g/mol. The second-order valence-electron chi connectivity index (χ2n) is 7.47. The molecule has 0 unspecified atom stereocenters. The molecule has 2 aliphatic rings. The van der Waals surface area contributed by atoms with Gasteiger partial charge in [0.05, 0.1) is 0 Å². The molecule has 0 spiro atoms. The monoisotopic (exact) mass is 445 g/mol. The van der Waals surface area contributed by atoms with Crippen LogP contribution in [0.25, 0.3) is 4.91 Å². The number of sulfonamides is 1. The Morgan fingerprint density at radius 1 is 0.968 bits per heavy atom. The first kappa shape index (κ1) is 21.2. The van der Waals surface area contributed by atoms with Gasteiger partial charge >= 0.3 is 0 Å². The number of halogens is 2. The second-order valence-corrected chi connectivity index (χ2v) is 9.01. The van der Waals surface area contributed by atoms with Crippen molar-refractivity contribution in [2.24, 2.45) is 4.40 Å². The van der Waals surface area contributed by atoms with Crippen LogP contribution in [-0.4, -0.2) is 56.1 Å². The minimum atomic E-state index is -3.81. The predicted molar refractivity (Wildman–Crippen MR) is 114 cm³/mol. The van der Waals surface area contributed by atoms with E-state index in [0.717, 1.165) is 12.1 Å². The van der Waals surface area contributed by atoms with Crippen LogP contribution in [0.5, 0.6) is 0 Å². The van der Waals surface area contributed by atoms with Crippen LogP contribution < -0.4 is 0 Å². The Bertz CT molecular complexity index is 1190. The van der Waals surface area contributed by atoms with Crippen LogP contribution in [0.15, 0.2) is 58.5 Å². The van der Waals surface area contributed by atoms with Gasteiger partial charge in [-0.25, -0.2) is 8.78 Å². The molecule has 0 aliphatic carbocycles. The van der Waals surface area contributed by atoms with Crippen molar-refractivity contribution in [3.05, 3.63) is 76.9 Å². The molecule has 0 radical (unpaired) electrons. The van der Waals surface area contributed by atoms with Crippen molar-refractivity contribution >= 4 is 26.7 Å². The summed E-state index contributed by atoms with van der Waals surface area (Å²) in [6, 6.07) is 11.9. The summed E-state index contributed by atoms with van der Waals surface area (Å²) >= 11 is 0. The van der Waals surface area contributed by atoms with Gasteiger partial charge in [-0.1, -0.05) is 30.3 Å². The lowest BCUT2D eigenvalue weighted by Crippen LogP contribution is -2.37. The van der Waals surface area contributed by atoms with Gasteiger partial charge in [-0.2, -0.15) is 8.42 Å². The van der Waals surface area contributed by atoms with Crippen molar-refractivity contribution in [2.45, 2.75) is 13.3 Å². The van der Waals surface area contributed by atoms with Crippen molar-refractivity contribution in [2.75, 3.05) is 26.2 Å². The molecule has 0 atom stereocenters. The Hall–Kier alpha value is -3.07. The Morgan fingerprint density at radius 2 is 1.71 bits per heavy atom. The van der Waals surface area contributed by atoms with Gasteiger partial charge in [0.1, 0.15) is 10.7 Å². The first-order valence-corrected chi connectivity index (χ1v) is 11.3. The molecule has 0 aromatic heterocycles. The third-order valence-corrected chi connectivity index (χ3v) is 6.90. The van der Waals surface area contributed by atoms with E-state index >= 15 is 0 Å². The fourth-order valence-corrected chi connectivity index (χ4v) is 5.40. The summed E-state index contributed by atoms with van der Waals surface area (Å²) in [4.78, 5) is 16.4. The smallest absolute Gasteiger partial charge is 0.285 e. The number of hydrogen-bond acceptors (Lipinski definition) is 4. The third kappa shape index (κ3) is 4.10. The lowest BCUT2D eigenvalue weighted by molar-refractivity contribution is 0.0763. The molecule has 6 nitrogen and oxygen atoms in total. The van der Waals surface area contributed by atoms with Crippen LogP contribution in [0.4, 0.5) is 8.78 Å². The standard InChI is InChI=1S/C22H21F2N3O3S/c1-15-20(16-6-3-2-4-7-16)31(29,30)25-21(15)26-10-5-11-27(13-12-26)22(28)17-8-9-18(23)19(24)14-17/h2-4,6-9,14H,5,10-13H2,1H3. The molecule has 2 aliphatic heterocycles. The molecule has 4 rings (SSSR count). The van der Waals surface area contributed by atoms with Crippen molar-refractivity contribution in [1.82, 2.24) is 9.80 Å². The molecule has 2 aromatic rings. The number of carbonyl (C=O) groups excluding carboxylic acids is 1. The van der Waals surface area contributed by atoms with E-state index in [1.54, 1.807) is 36.1 Å². The zero-order chi connectivity index (χ0) is 22.2. The lowest BCUT2D eigenvalue weighted by atomic mass is 10.1. The highest BCUT2D eigenvalue weighted by atomic mass is 32.2. The van der Waals surface area contributed by atoms with E-state index in [4.69, 9.17) is 0 Å². The Balaban J connectivity index is 1.54. The normalized spacial score (nSPS) is 18.7. The van der Waals surface area contributed by atoms with Crippen molar-refractivity contribution in [1.29, 1.82) is 0 Å². The van der Waals surface area contributed by atoms with E-state index in [0.29, 0.717) is 49.6 Å². The summed E-state index contributed by atoms with van der Waals surface area (Å²) in [6.07, 6.45) is 0.586. The minimum Gasteiger partial charge on any atom is -0.354 e. The van der Waals surface area contributed by atoms with Gasteiger partial charge < -0.3 is 9.80 Å². The summed E-state index contributed by atoms with van der Waals surface area (Å²) in [5.74, 6) is -2.07. The van der Waals surface area contributed by atoms with E-state index < -0.39 is 21.7 Å². The molecule has 0 bridgehead atoms. The van der Waals surface area contributed by atoms with Crippen molar-refractivity contribution in [3.8, 4) is 0 Å². The quantitative estimate of drug-likeness (QED) is 0.711. The average Bonchev–Trinajstić information content (AvgIpc) is 2.90. The fourth-order valence-electron chi connectivity index (χ4n) is 3.92. The van der Waals surface area contributed by atoms with Gasteiger partial charge in [0.25, 0.3) is 15.9 Å². The maximum Gasteiger partial charge on any atom is 0.285 e. The van der Waals surface area contributed by atoms with Gasteiger partial charge in [0, 0.05) is 37.3 Å². The van der Waals surface area contributed by atoms with Crippen LogP contribution in [0.3, 0.4) is 0 Å². The van der Waals surface area contributed by atoms with E-state index in [9.17, 15) is 22.0 Å². The molecule has 0 saturated carbocycles. The highest BCUT2D eigenvalue weighted by Gasteiger charge is 2.34. The second kappa shape index (κ2) is 8.22.